The number of carbonyl (C=O) groups excluding carboxylic acids is 1. The molecule has 2 heterocycles. The van der Waals surface area contributed by atoms with Gasteiger partial charge in [-0.1, -0.05) is 25.5 Å². The van der Waals surface area contributed by atoms with Crippen LogP contribution in [0.2, 0.25) is 0 Å². The van der Waals surface area contributed by atoms with Crippen LogP contribution in [-0.4, -0.2) is 41.0 Å². The minimum Gasteiger partial charge on any atom is -0.395 e. The molecule has 0 spiro atoms. The van der Waals surface area contributed by atoms with E-state index in [2.05, 4.69) is 29.5 Å². The Labute approximate surface area is 154 Å². The van der Waals surface area contributed by atoms with Crippen LogP contribution in [0.15, 0.2) is 24.3 Å². The summed E-state index contributed by atoms with van der Waals surface area (Å²) in [6.07, 6.45) is 2.58. The Balaban J connectivity index is 1.92. The van der Waals surface area contributed by atoms with Crippen LogP contribution in [0.5, 0.6) is 0 Å². The molecule has 3 rings (SSSR count). The number of nitrogens with zero attached hydrogens (tertiary/aromatic N) is 3. The Kier molecular flexibility index (Phi) is 5.61. The van der Waals surface area contributed by atoms with Crippen molar-refractivity contribution in [2.75, 3.05) is 30.4 Å². The van der Waals surface area contributed by atoms with Crippen molar-refractivity contribution in [2.45, 2.75) is 45.6 Å². The molecule has 0 saturated carbocycles. The molecule has 140 valence electrons. The largest absolute Gasteiger partial charge is 0.395 e. The Hall–Kier alpha value is -2.34. The van der Waals surface area contributed by atoms with E-state index in [0.717, 1.165) is 47.7 Å². The predicted octanol–water partition coefficient (Wildman–Crippen LogP) is 2.89. The van der Waals surface area contributed by atoms with Crippen molar-refractivity contribution in [2.24, 2.45) is 0 Å². The lowest BCUT2D eigenvalue weighted by Crippen LogP contribution is -2.25. The molecule has 6 heteroatoms. The van der Waals surface area contributed by atoms with Crippen molar-refractivity contribution in [3.8, 4) is 0 Å². The lowest BCUT2D eigenvalue weighted by atomic mass is 9.85. The summed E-state index contributed by atoms with van der Waals surface area (Å²) in [6, 6.07) is 8.26. The average molecular weight is 356 g/mol. The van der Waals surface area contributed by atoms with Gasteiger partial charge in [-0.3, -0.25) is 4.79 Å². The first kappa shape index (κ1) is 18.5. The Morgan fingerprint density at radius 2 is 2.08 bits per heavy atom. The molecule has 26 heavy (non-hydrogen) atoms. The highest BCUT2D eigenvalue weighted by atomic mass is 16.3. The van der Waals surface area contributed by atoms with Crippen molar-refractivity contribution in [3.05, 3.63) is 41.1 Å². The molecule has 1 atom stereocenters. The number of aromatic nitrogens is 2. The number of aliphatic hydroxyl groups excluding tert-OH is 1. The second-order valence-electron chi connectivity index (χ2n) is 6.97. The van der Waals surface area contributed by atoms with Gasteiger partial charge in [-0.25, -0.2) is 4.68 Å². The van der Waals surface area contributed by atoms with Gasteiger partial charge in [-0.15, -0.1) is 0 Å². The van der Waals surface area contributed by atoms with Gasteiger partial charge in [0.15, 0.2) is 0 Å². The molecule has 1 aromatic carbocycles. The summed E-state index contributed by atoms with van der Waals surface area (Å²) in [5.74, 6) is 0.937. The lowest BCUT2D eigenvalue weighted by Gasteiger charge is -2.25. The molecule has 1 unspecified atom stereocenters. The number of hydrogen-bond acceptors (Lipinski definition) is 4. The molecule has 0 bridgehead atoms. The Morgan fingerprint density at radius 3 is 2.73 bits per heavy atom. The highest BCUT2D eigenvalue weighted by molar-refractivity contribution is 5.94. The summed E-state index contributed by atoms with van der Waals surface area (Å²) in [6.45, 7) is 5.72. The molecule has 2 aromatic rings. The number of carbonyl (C=O) groups is 1. The smallest absolute Gasteiger partial charge is 0.226 e. The standard InChI is InChI=1S/C20H28N4O2/c1-4-5-10-24-20-19(14(2)22-24)17(13-18(26)21-20)15-6-8-16(9-7-15)23(3)11-12-25/h6-9,17,25H,4-5,10-13H2,1-3H3,(H,21,26). The van der Waals surface area contributed by atoms with Crippen LogP contribution < -0.4 is 10.2 Å². The number of nitrogens with one attached hydrogen (secondary N) is 1. The predicted molar refractivity (Wildman–Crippen MR) is 104 cm³/mol. The maximum absolute atomic E-state index is 12.3. The molecule has 0 radical (unpaired) electrons. The van der Waals surface area contributed by atoms with Crippen LogP contribution in [-0.2, 0) is 11.3 Å². The monoisotopic (exact) mass is 356 g/mol. The summed E-state index contributed by atoms with van der Waals surface area (Å²) in [5.41, 5.74) is 4.30. The summed E-state index contributed by atoms with van der Waals surface area (Å²) < 4.78 is 1.95. The van der Waals surface area contributed by atoms with E-state index in [1.807, 2.05) is 35.7 Å². The first-order chi connectivity index (χ1) is 12.5. The van der Waals surface area contributed by atoms with E-state index < -0.39 is 0 Å². The van der Waals surface area contributed by atoms with Gasteiger partial charge in [0.25, 0.3) is 0 Å². The second kappa shape index (κ2) is 7.91. The highest BCUT2D eigenvalue weighted by Crippen LogP contribution is 2.39. The first-order valence-electron chi connectivity index (χ1n) is 9.34. The third-order valence-electron chi connectivity index (χ3n) is 5.06. The SMILES string of the molecule is CCCCn1nc(C)c2c1NC(=O)CC2c1ccc(N(C)CCO)cc1. The van der Waals surface area contributed by atoms with Crippen molar-refractivity contribution in [1.82, 2.24) is 9.78 Å². The third kappa shape index (κ3) is 3.60. The van der Waals surface area contributed by atoms with Gasteiger partial charge < -0.3 is 15.3 Å². The number of fused-ring (bicyclic) bond motifs is 1. The molecule has 1 amide bonds. The molecule has 0 aliphatic carbocycles. The average Bonchev–Trinajstić information content (AvgIpc) is 2.95. The lowest BCUT2D eigenvalue weighted by molar-refractivity contribution is -0.116. The van der Waals surface area contributed by atoms with Crippen molar-refractivity contribution in [3.63, 3.8) is 0 Å². The van der Waals surface area contributed by atoms with Gasteiger partial charge in [0.2, 0.25) is 5.91 Å². The zero-order valence-electron chi connectivity index (χ0n) is 15.8. The maximum atomic E-state index is 12.3. The van der Waals surface area contributed by atoms with Gasteiger partial charge in [0, 0.05) is 43.7 Å². The molecule has 2 N–H and O–H groups in total. The van der Waals surface area contributed by atoms with Crippen LogP contribution in [0.25, 0.3) is 0 Å². The van der Waals surface area contributed by atoms with E-state index >= 15 is 0 Å². The molecule has 0 fully saturated rings. The van der Waals surface area contributed by atoms with Crippen LogP contribution in [0.3, 0.4) is 0 Å². The molecule has 0 saturated heterocycles. The number of hydrogen-bond donors (Lipinski definition) is 2. The summed E-state index contributed by atoms with van der Waals surface area (Å²) in [4.78, 5) is 14.3. The van der Waals surface area contributed by atoms with Crippen LogP contribution in [0, 0.1) is 6.92 Å². The fourth-order valence-electron chi connectivity index (χ4n) is 3.61. The number of unbranched alkanes of at least 4 members (excludes halogenated alkanes) is 1. The van der Waals surface area contributed by atoms with Crippen LogP contribution >= 0.6 is 0 Å². The first-order valence-corrected chi connectivity index (χ1v) is 9.34. The molecular formula is C20H28N4O2. The minimum atomic E-state index is 0.0336. The number of rotatable bonds is 7. The third-order valence-corrected chi connectivity index (χ3v) is 5.06. The number of benzene rings is 1. The van der Waals surface area contributed by atoms with Crippen LogP contribution in [0.1, 0.15) is 48.9 Å². The zero-order chi connectivity index (χ0) is 18.7. The van der Waals surface area contributed by atoms with E-state index in [1.54, 1.807) is 0 Å². The van der Waals surface area contributed by atoms with Gasteiger partial charge >= 0.3 is 0 Å². The minimum absolute atomic E-state index is 0.0336. The molecule has 1 aliphatic heterocycles. The van der Waals surface area contributed by atoms with E-state index in [0.29, 0.717) is 13.0 Å². The number of aliphatic hydroxyl groups is 1. The molecule has 6 nitrogen and oxygen atoms in total. The number of anilines is 2. The highest BCUT2D eigenvalue weighted by Gasteiger charge is 2.32. The van der Waals surface area contributed by atoms with Gasteiger partial charge in [0.1, 0.15) is 5.82 Å². The van der Waals surface area contributed by atoms with Crippen LogP contribution in [0.4, 0.5) is 11.5 Å². The van der Waals surface area contributed by atoms with Gasteiger partial charge in [-0.05, 0) is 31.0 Å². The topological polar surface area (TPSA) is 70.4 Å². The number of aryl methyl sites for hydroxylation is 2. The van der Waals surface area contributed by atoms with Gasteiger partial charge in [0.05, 0.1) is 12.3 Å². The summed E-state index contributed by atoms with van der Waals surface area (Å²) in [7, 11) is 1.96. The second-order valence-corrected chi connectivity index (χ2v) is 6.97. The van der Waals surface area contributed by atoms with Crippen molar-refractivity contribution in [1.29, 1.82) is 0 Å². The maximum Gasteiger partial charge on any atom is 0.226 e. The fourth-order valence-corrected chi connectivity index (χ4v) is 3.61. The Morgan fingerprint density at radius 1 is 1.35 bits per heavy atom. The van der Waals surface area contributed by atoms with E-state index in [-0.39, 0.29) is 18.4 Å². The number of amides is 1. The molecular weight excluding hydrogens is 328 g/mol. The van der Waals surface area contributed by atoms with Crippen molar-refractivity contribution < 1.29 is 9.90 Å². The van der Waals surface area contributed by atoms with E-state index in [9.17, 15) is 4.79 Å². The normalized spacial score (nSPS) is 16.3. The Bertz CT molecular complexity index is 767. The summed E-state index contributed by atoms with van der Waals surface area (Å²) in [5, 5.41) is 16.8. The molecule has 1 aliphatic rings. The summed E-state index contributed by atoms with van der Waals surface area (Å²) >= 11 is 0. The van der Waals surface area contributed by atoms with Gasteiger partial charge in [-0.2, -0.15) is 5.10 Å². The zero-order valence-corrected chi connectivity index (χ0v) is 15.8. The van der Waals surface area contributed by atoms with Crippen molar-refractivity contribution >= 4 is 17.4 Å². The van der Waals surface area contributed by atoms with E-state index in [4.69, 9.17) is 5.11 Å². The quantitative estimate of drug-likeness (QED) is 0.800. The van der Waals surface area contributed by atoms with E-state index in [1.165, 1.54) is 0 Å². The molecule has 1 aromatic heterocycles. The fraction of sp³-hybridized carbons (Fsp3) is 0.500. The number of likely N-dealkylation sites (N-methyl/N-ethyl adjacent to an activating group) is 1.